The van der Waals surface area contributed by atoms with Gasteiger partial charge in [0.2, 0.25) is 0 Å². The second-order valence-corrected chi connectivity index (χ2v) is 23.8. The SMILES string of the molecule is C=Cc1cccc2cccc(-c3ncc4c(N5CC6CCC(C5)N6)nc(OC[C@@H]5CC(c6cc(-c7ncc8c(N9CC%10CCC(C9)N%10)nc(OC[C@@H]9C[C@@H](OCCOC)CN9C)nc8c7F)c7c(Cl)cccc7c6)CN5C)nc4c3F)c12. The molecule has 8 atom stereocenters. The molecule has 2 N–H and O–H groups in total. The number of benzene rings is 4. The van der Waals surface area contributed by atoms with Crippen molar-refractivity contribution in [1.82, 2.24) is 50.3 Å². The summed E-state index contributed by atoms with van der Waals surface area (Å²) in [6.07, 6.45) is 11.1. The number of rotatable bonds is 16. The normalized spacial score (nSPS) is 24.7. The van der Waals surface area contributed by atoms with E-state index in [0.29, 0.717) is 101 Å². The molecule has 0 amide bonds. The third kappa shape index (κ3) is 9.92. The van der Waals surface area contributed by atoms with Crippen molar-refractivity contribution in [3.05, 3.63) is 113 Å². The largest absolute Gasteiger partial charge is 0.462 e. The highest BCUT2D eigenvalue weighted by molar-refractivity contribution is 6.36. The molecule has 82 heavy (non-hydrogen) atoms. The third-order valence-electron chi connectivity index (χ3n) is 18.2. The molecule has 5 unspecified atom stereocenters. The molecule has 0 aliphatic carbocycles. The van der Waals surface area contributed by atoms with Crippen LogP contribution in [0.1, 0.15) is 55.6 Å². The summed E-state index contributed by atoms with van der Waals surface area (Å²) in [4.78, 5) is 38.5. The average molecular weight is 1130 g/mol. The Bertz CT molecular complexity index is 3760. The molecule has 4 aromatic carbocycles. The molecule has 6 aliphatic heterocycles. The molecular weight excluding hydrogens is 1060 g/mol. The maximum absolute atomic E-state index is 17.9. The van der Waals surface area contributed by atoms with Crippen LogP contribution in [0.2, 0.25) is 5.02 Å². The van der Waals surface area contributed by atoms with Crippen LogP contribution >= 0.6 is 11.6 Å². The van der Waals surface area contributed by atoms with Gasteiger partial charge in [0.25, 0.3) is 0 Å². The van der Waals surface area contributed by atoms with Crippen LogP contribution in [0.25, 0.3) is 71.9 Å². The Morgan fingerprint density at radius 2 is 1.21 bits per heavy atom. The predicted molar refractivity (Wildman–Crippen MR) is 317 cm³/mol. The highest BCUT2D eigenvalue weighted by Gasteiger charge is 2.38. The first kappa shape index (κ1) is 53.2. The molecule has 6 aliphatic rings. The van der Waals surface area contributed by atoms with Crippen LogP contribution < -0.4 is 29.9 Å². The number of piperazine rings is 2. The zero-order chi connectivity index (χ0) is 55.8. The minimum absolute atomic E-state index is 0.0246. The molecule has 4 bridgehead atoms. The Morgan fingerprint density at radius 3 is 1.82 bits per heavy atom. The number of halogens is 3. The van der Waals surface area contributed by atoms with E-state index in [4.69, 9.17) is 60.5 Å². The van der Waals surface area contributed by atoms with E-state index >= 15 is 8.78 Å². The summed E-state index contributed by atoms with van der Waals surface area (Å²) in [5.41, 5.74) is 3.81. The van der Waals surface area contributed by atoms with E-state index in [1.165, 1.54) is 0 Å². The molecule has 424 valence electrons. The number of hydrogen-bond acceptors (Lipinski definition) is 16. The number of likely N-dealkylation sites (N-methyl/N-ethyl adjacent to an activating group) is 2. The molecule has 6 fully saturated rings. The maximum atomic E-state index is 17.9. The zero-order valence-corrected chi connectivity index (χ0v) is 47.2. The first-order chi connectivity index (χ1) is 40.0. The van der Waals surface area contributed by atoms with Gasteiger partial charge in [0.15, 0.2) is 11.6 Å². The molecule has 4 aromatic heterocycles. The van der Waals surface area contributed by atoms with Gasteiger partial charge < -0.3 is 39.4 Å². The van der Waals surface area contributed by atoms with Crippen LogP contribution in [0.4, 0.5) is 20.4 Å². The summed E-state index contributed by atoms with van der Waals surface area (Å²) >= 11 is 7.09. The maximum Gasteiger partial charge on any atom is 0.319 e. The Kier molecular flexibility index (Phi) is 14.3. The highest BCUT2D eigenvalue weighted by Crippen LogP contribution is 2.43. The lowest BCUT2D eigenvalue weighted by molar-refractivity contribution is 0.0229. The Labute approximate surface area is 480 Å². The number of nitrogens with zero attached hydrogens (tertiary/aromatic N) is 10. The molecule has 0 saturated carbocycles. The molecule has 0 spiro atoms. The van der Waals surface area contributed by atoms with E-state index in [9.17, 15) is 0 Å². The van der Waals surface area contributed by atoms with E-state index in [2.05, 4.69) is 57.0 Å². The third-order valence-corrected chi connectivity index (χ3v) is 18.5. The lowest BCUT2D eigenvalue weighted by Gasteiger charge is -2.34. The molecular formula is C63H67ClF2N12O4. The Balaban J connectivity index is 0.774. The molecule has 19 heteroatoms. The number of pyridine rings is 2. The standard InChI is InChI=1S/C63H67ClF2N12O4/c1-5-35-9-6-10-36-11-7-13-47(52(35)36)56-54(65)58-49(25-67-56)60(77-28-40-15-16-41(29-77)69-40)73-62(71-58)81-33-44-22-39(27-75(44)2)38-21-37-12-8-14-51(64)53(37)48(23-38)57-55(66)59-50(26-68-57)61(78-30-42-17-18-43(31-78)70-42)74-63(72-59)82-34-45-24-46(32-76(45)3)80-20-19-79-4/h5-14,21,23,25-26,39-46,69-70H,1,15-20,22,24,27-34H2,2-4H3/t39?,40?,41?,42?,43?,44-,45-,46+/m0/s1. The molecule has 8 aromatic rings. The number of methoxy groups -OCH3 is 1. The molecule has 16 nitrogen and oxygen atoms in total. The van der Waals surface area contributed by atoms with Gasteiger partial charge in [-0.1, -0.05) is 78.9 Å². The lowest BCUT2D eigenvalue weighted by atomic mass is 9.90. The number of ether oxygens (including phenoxy) is 4. The number of aromatic nitrogens is 6. The topological polar surface area (TPSA) is 151 Å². The van der Waals surface area contributed by atoms with Crippen molar-refractivity contribution >= 4 is 72.7 Å². The second kappa shape index (κ2) is 22.1. The lowest BCUT2D eigenvalue weighted by Crippen LogP contribution is -2.51. The Hall–Kier alpha value is -6.77. The van der Waals surface area contributed by atoms with E-state index < -0.39 is 11.6 Å². The second-order valence-electron chi connectivity index (χ2n) is 23.4. The minimum atomic E-state index is -0.567. The number of anilines is 2. The molecule has 10 heterocycles. The van der Waals surface area contributed by atoms with Crippen LogP contribution in [0.3, 0.4) is 0 Å². The van der Waals surface area contributed by atoms with Gasteiger partial charge in [0, 0.05) is 117 Å². The first-order valence-corrected chi connectivity index (χ1v) is 29.3. The fraction of sp³-hybridized carbons (Fsp3) is 0.429. The van der Waals surface area contributed by atoms with Crippen molar-refractivity contribution in [2.45, 2.75) is 86.8 Å². The predicted octanol–water partition coefficient (Wildman–Crippen LogP) is 9.44. The van der Waals surface area contributed by atoms with Crippen LogP contribution in [-0.4, -0.2) is 169 Å². The molecule has 6 saturated heterocycles. The molecule has 0 radical (unpaired) electrons. The van der Waals surface area contributed by atoms with E-state index in [1.807, 2.05) is 60.7 Å². The number of nitrogens with one attached hydrogen (secondary N) is 2. The van der Waals surface area contributed by atoms with Crippen molar-refractivity contribution < 1.29 is 27.7 Å². The van der Waals surface area contributed by atoms with E-state index in [0.717, 1.165) is 92.1 Å². The van der Waals surface area contributed by atoms with Gasteiger partial charge in [-0.2, -0.15) is 19.9 Å². The number of likely N-dealkylation sites (tertiary alicyclic amines) is 2. The smallest absolute Gasteiger partial charge is 0.319 e. The number of fused-ring (bicyclic) bond motifs is 8. The monoisotopic (exact) mass is 1130 g/mol. The van der Waals surface area contributed by atoms with Gasteiger partial charge in [-0.15, -0.1) is 0 Å². The quantitative estimate of drug-likeness (QED) is 0.0884. The summed E-state index contributed by atoms with van der Waals surface area (Å²) in [6.45, 7) is 10.1. The van der Waals surface area contributed by atoms with Gasteiger partial charge in [0.1, 0.15) is 47.3 Å². The van der Waals surface area contributed by atoms with Gasteiger partial charge in [-0.05, 0) is 98.0 Å². The fourth-order valence-corrected chi connectivity index (χ4v) is 14.3. The Morgan fingerprint density at radius 1 is 0.646 bits per heavy atom. The summed E-state index contributed by atoms with van der Waals surface area (Å²) in [7, 11) is 5.81. The van der Waals surface area contributed by atoms with E-state index in [1.54, 1.807) is 25.6 Å². The van der Waals surface area contributed by atoms with Crippen LogP contribution in [0, 0.1) is 11.6 Å². The first-order valence-electron chi connectivity index (χ1n) is 28.9. The van der Waals surface area contributed by atoms with Crippen LogP contribution in [0.15, 0.2) is 85.7 Å². The minimum Gasteiger partial charge on any atom is -0.462 e. The highest BCUT2D eigenvalue weighted by atomic mass is 35.5. The van der Waals surface area contributed by atoms with Crippen molar-refractivity contribution in [1.29, 1.82) is 0 Å². The summed E-state index contributed by atoms with van der Waals surface area (Å²) in [6, 6.07) is 23.2. The van der Waals surface area contributed by atoms with Crippen LogP contribution in [0.5, 0.6) is 12.0 Å². The molecule has 14 rings (SSSR count). The van der Waals surface area contributed by atoms with Gasteiger partial charge in [-0.25, -0.2) is 8.78 Å². The van der Waals surface area contributed by atoms with Gasteiger partial charge in [0.05, 0.1) is 30.1 Å². The fourth-order valence-electron chi connectivity index (χ4n) is 14.0. The summed E-state index contributed by atoms with van der Waals surface area (Å²) in [5.74, 6) is 0.164. The van der Waals surface area contributed by atoms with Crippen molar-refractivity contribution in [3.63, 3.8) is 0 Å². The summed E-state index contributed by atoms with van der Waals surface area (Å²) in [5, 5.41) is 12.4. The zero-order valence-electron chi connectivity index (χ0n) is 46.5. The average Bonchev–Trinajstić information content (AvgIpc) is 2.74. The van der Waals surface area contributed by atoms with E-state index in [-0.39, 0.29) is 65.2 Å². The van der Waals surface area contributed by atoms with Gasteiger partial charge in [-0.3, -0.25) is 19.8 Å². The summed E-state index contributed by atoms with van der Waals surface area (Å²) < 4.78 is 59.7. The number of hydrogen-bond donors (Lipinski definition) is 2. The van der Waals surface area contributed by atoms with Crippen molar-refractivity contribution in [2.24, 2.45) is 0 Å². The van der Waals surface area contributed by atoms with Crippen LogP contribution in [-0.2, 0) is 9.47 Å². The van der Waals surface area contributed by atoms with Crippen molar-refractivity contribution in [2.75, 3.05) is 96.7 Å². The van der Waals surface area contributed by atoms with Crippen molar-refractivity contribution in [3.8, 4) is 34.5 Å². The van der Waals surface area contributed by atoms with Gasteiger partial charge >= 0.3 is 12.0 Å².